The Hall–Kier alpha value is -4.70. The van der Waals surface area contributed by atoms with Gasteiger partial charge in [0.15, 0.2) is 11.5 Å². The van der Waals surface area contributed by atoms with Crippen LogP contribution in [0.4, 0.5) is 23.1 Å². The molecule has 10 nitrogen and oxygen atoms in total. The van der Waals surface area contributed by atoms with Crippen LogP contribution in [0.15, 0.2) is 67.0 Å². The van der Waals surface area contributed by atoms with Gasteiger partial charge >= 0.3 is 0 Å². The first-order valence-corrected chi connectivity index (χ1v) is 13.7. The minimum absolute atomic E-state index is 0.0976. The molecule has 0 aliphatic carbocycles. The fourth-order valence-electron chi connectivity index (χ4n) is 4.58. The topological polar surface area (TPSA) is 105 Å². The van der Waals surface area contributed by atoms with Crippen molar-refractivity contribution in [3.05, 3.63) is 83.7 Å². The number of likely N-dealkylation sites (N-methyl/N-ethyl adjacent to an activating group) is 1. The monoisotopic (exact) mass is 553 g/mol. The zero-order valence-corrected chi connectivity index (χ0v) is 23.8. The Kier molecular flexibility index (Phi) is 8.59. The van der Waals surface area contributed by atoms with Crippen molar-refractivity contribution in [3.8, 4) is 17.4 Å². The number of amides is 1. The molecule has 212 valence electrons. The van der Waals surface area contributed by atoms with E-state index in [0.29, 0.717) is 18.1 Å². The number of hydrogen-bond donors (Lipinski definition) is 2. The van der Waals surface area contributed by atoms with Gasteiger partial charge in [0.25, 0.3) is 5.91 Å². The van der Waals surface area contributed by atoms with Gasteiger partial charge in [-0.1, -0.05) is 30.3 Å². The highest BCUT2D eigenvalue weighted by Gasteiger charge is 2.21. The minimum atomic E-state index is -0.379. The number of nitrogens with one attached hydrogen (secondary N) is 2. The molecule has 41 heavy (non-hydrogen) atoms. The second kappa shape index (κ2) is 12.6. The molecule has 4 aromatic rings. The number of para-hydroxylation sites is 3. The maximum Gasteiger partial charge on any atom is 0.262 e. The van der Waals surface area contributed by atoms with Gasteiger partial charge in [0.1, 0.15) is 11.4 Å². The first-order chi connectivity index (χ1) is 19.9. The van der Waals surface area contributed by atoms with Gasteiger partial charge in [-0.05, 0) is 63.2 Å². The number of ether oxygens (including phenoxy) is 2. The highest BCUT2D eigenvalue weighted by atomic mass is 16.5. The molecule has 0 radical (unpaired) electrons. The molecule has 0 spiro atoms. The summed E-state index contributed by atoms with van der Waals surface area (Å²) in [4.78, 5) is 31.7. The SMILES string of the molecule is CCOc1ccccc1Oc1nc(Nc2ccc(N3CCN(C)CC3)nc2)ncc1C(=O)Nc1c(C)cccc1C. The van der Waals surface area contributed by atoms with Gasteiger partial charge in [0.2, 0.25) is 11.8 Å². The smallest absolute Gasteiger partial charge is 0.262 e. The van der Waals surface area contributed by atoms with Crippen molar-refractivity contribution in [3.63, 3.8) is 0 Å². The molecule has 2 aromatic heterocycles. The van der Waals surface area contributed by atoms with E-state index in [1.54, 1.807) is 12.3 Å². The summed E-state index contributed by atoms with van der Waals surface area (Å²) in [5.41, 5.74) is 3.56. The predicted molar refractivity (Wildman–Crippen MR) is 161 cm³/mol. The number of hydrogen-bond acceptors (Lipinski definition) is 9. The molecule has 1 aliphatic heterocycles. The number of piperazine rings is 1. The number of anilines is 4. The first kappa shape index (κ1) is 27.9. The quantitative estimate of drug-likeness (QED) is 0.281. The number of carbonyl (C=O) groups excluding carboxylic acids is 1. The summed E-state index contributed by atoms with van der Waals surface area (Å²) in [6, 6.07) is 17.1. The number of pyridine rings is 1. The Labute approximate surface area is 240 Å². The van der Waals surface area contributed by atoms with E-state index in [1.807, 2.05) is 69.3 Å². The molecule has 2 aromatic carbocycles. The lowest BCUT2D eigenvalue weighted by Gasteiger charge is -2.33. The molecule has 0 unspecified atom stereocenters. The van der Waals surface area contributed by atoms with Gasteiger partial charge in [-0.3, -0.25) is 4.79 Å². The van der Waals surface area contributed by atoms with Crippen molar-refractivity contribution in [1.29, 1.82) is 0 Å². The molecule has 2 N–H and O–H groups in total. The van der Waals surface area contributed by atoms with Crippen molar-refractivity contribution < 1.29 is 14.3 Å². The molecule has 0 saturated carbocycles. The Balaban J connectivity index is 1.42. The lowest BCUT2D eigenvalue weighted by Crippen LogP contribution is -2.44. The van der Waals surface area contributed by atoms with Crippen LogP contribution in [-0.4, -0.2) is 65.6 Å². The summed E-state index contributed by atoms with van der Waals surface area (Å²) in [6.45, 7) is 10.2. The second-order valence-electron chi connectivity index (χ2n) is 9.94. The average Bonchev–Trinajstić information content (AvgIpc) is 2.97. The van der Waals surface area contributed by atoms with Crippen LogP contribution in [0.5, 0.6) is 17.4 Å². The molecule has 1 fully saturated rings. The molecule has 5 rings (SSSR count). The van der Waals surface area contributed by atoms with E-state index in [2.05, 4.69) is 42.4 Å². The van der Waals surface area contributed by atoms with Crippen LogP contribution in [-0.2, 0) is 0 Å². The third-order valence-electron chi connectivity index (χ3n) is 6.90. The fraction of sp³-hybridized carbons (Fsp3) is 0.290. The molecule has 10 heteroatoms. The normalized spacial score (nSPS) is 13.5. The van der Waals surface area contributed by atoms with E-state index in [0.717, 1.165) is 54.5 Å². The molecular formula is C31H35N7O3. The zero-order chi connectivity index (χ0) is 28.8. The Morgan fingerprint density at radius 1 is 0.902 bits per heavy atom. The Morgan fingerprint density at radius 2 is 1.63 bits per heavy atom. The van der Waals surface area contributed by atoms with Crippen LogP contribution in [0.25, 0.3) is 0 Å². The summed E-state index contributed by atoms with van der Waals surface area (Å²) in [6.07, 6.45) is 3.21. The third kappa shape index (κ3) is 6.72. The van der Waals surface area contributed by atoms with Gasteiger partial charge in [-0.2, -0.15) is 4.98 Å². The highest BCUT2D eigenvalue weighted by Crippen LogP contribution is 2.33. The largest absolute Gasteiger partial charge is 0.490 e. The number of aromatic nitrogens is 3. The summed E-state index contributed by atoms with van der Waals surface area (Å²) in [5.74, 6) is 1.91. The van der Waals surface area contributed by atoms with Crippen LogP contribution in [0, 0.1) is 13.8 Å². The average molecular weight is 554 g/mol. The van der Waals surface area contributed by atoms with E-state index in [-0.39, 0.29) is 23.3 Å². The number of carbonyl (C=O) groups is 1. The van der Waals surface area contributed by atoms with E-state index >= 15 is 0 Å². The molecular weight excluding hydrogens is 518 g/mol. The van der Waals surface area contributed by atoms with Gasteiger partial charge in [-0.25, -0.2) is 9.97 Å². The molecule has 0 bridgehead atoms. The van der Waals surface area contributed by atoms with E-state index in [1.165, 1.54) is 6.20 Å². The number of aryl methyl sites for hydroxylation is 2. The van der Waals surface area contributed by atoms with Crippen molar-refractivity contribution in [2.45, 2.75) is 20.8 Å². The maximum absolute atomic E-state index is 13.5. The summed E-state index contributed by atoms with van der Waals surface area (Å²) in [5, 5.41) is 6.19. The van der Waals surface area contributed by atoms with E-state index in [9.17, 15) is 4.79 Å². The van der Waals surface area contributed by atoms with Gasteiger partial charge < -0.3 is 29.9 Å². The number of rotatable bonds is 9. The lowest BCUT2D eigenvalue weighted by atomic mass is 10.1. The zero-order valence-electron chi connectivity index (χ0n) is 23.8. The van der Waals surface area contributed by atoms with Crippen molar-refractivity contribution in [1.82, 2.24) is 19.9 Å². The fourth-order valence-corrected chi connectivity index (χ4v) is 4.58. The van der Waals surface area contributed by atoms with Crippen molar-refractivity contribution in [2.24, 2.45) is 0 Å². The van der Waals surface area contributed by atoms with Crippen molar-refractivity contribution >= 4 is 29.0 Å². The van der Waals surface area contributed by atoms with Crippen LogP contribution in [0.3, 0.4) is 0 Å². The number of benzene rings is 2. The first-order valence-electron chi connectivity index (χ1n) is 13.7. The molecule has 1 amide bonds. The summed E-state index contributed by atoms with van der Waals surface area (Å²) in [7, 11) is 2.13. The highest BCUT2D eigenvalue weighted by molar-refractivity contribution is 6.06. The Morgan fingerprint density at radius 3 is 2.32 bits per heavy atom. The van der Waals surface area contributed by atoms with E-state index < -0.39 is 0 Å². The lowest BCUT2D eigenvalue weighted by molar-refractivity contribution is 0.102. The van der Waals surface area contributed by atoms with Crippen LogP contribution < -0.4 is 25.0 Å². The van der Waals surface area contributed by atoms with Crippen LogP contribution in [0.2, 0.25) is 0 Å². The third-order valence-corrected chi connectivity index (χ3v) is 6.90. The van der Waals surface area contributed by atoms with Crippen LogP contribution in [0.1, 0.15) is 28.4 Å². The van der Waals surface area contributed by atoms with Crippen molar-refractivity contribution in [2.75, 3.05) is 55.4 Å². The Bertz CT molecular complexity index is 1480. The summed E-state index contributed by atoms with van der Waals surface area (Å²) >= 11 is 0. The maximum atomic E-state index is 13.5. The molecule has 1 aliphatic rings. The van der Waals surface area contributed by atoms with E-state index in [4.69, 9.17) is 9.47 Å². The number of nitrogens with zero attached hydrogens (tertiary/aromatic N) is 5. The minimum Gasteiger partial charge on any atom is -0.490 e. The molecule has 0 atom stereocenters. The van der Waals surface area contributed by atoms with Gasteiger partial charge in [0, 0.05) is 38.1 Å². The second-order valence-corrected chi connectivity index (χ2v) is 9.94. The molecule has 1 saturated heterocycles. The predicted octanol–water partition coefficient (Wildman–Crippen LogP) is 5.43. The van der Waals surface area contributed by atoms with Crippen LogP contribution >= 0.6 is 0 Å². The standard InChI is InChI=1S/C31H35N7O3/c1-5-40-25-11-6-7-12-26(25)41-30-24(29(39)35-28-21(2)9-8-10-22(28)3)20-33-31(36-30)34-23-13-14-27(32-19-23)38-17-15-37(4)16-18-38/h6-14,19-20H,5,15-18H2,1-4H3,(H,35,39)(H,33,34,36). The summed E-state index contributed by atoms with van der Waals surface area (Å²) < 4.78 is 11.9. The van der Waals surface area contributed by atoms with Gasteiger partial charge in [0.05, 0.1) is 18.5 Å². The van der Waals surface area contributed by atoms with Gasteiger partial charge in [-0.15, -0.1) is 0 Å². The molecule has 3 heterocycles.